The predicted molar refractivity (Wildman–Crippen MR) is 72.9 cm³/mol. The number of nitrogens with zero attached hydrogens (tertiary/aromatic N) is 3. The molecule has 0 saturated carbocycles. The molecule has 1 atom stereocenters. The molecular weight excluding hydrogens is 260 g/mol. The number of nitro groups is 1. The first-order chi connectivity index (χ1) is 9.40. The van der Waals surface area contributed by atoms with E-state index >= 15 is 0 Å². The molecule has 1 aromatic carbocycles. The van der Waals surface area contributed by atoms with E-state index in [2.05, 4.69) is 10.1 Å². The molecule has 0 aliphatic heterocycles. The molecule has 2 aromatic rings. The third-order valence-electron chi connectivity index (χ3n) is 3.11. The zero-order valence-corrected chi connectivity index (χ0v) is 11.5. The van der Waals surface area contributed by atoms with Crippen LogP contribution in [0.2, 0.25) is 0 Å². The molecule has 0 aliphatic carbocycles. The van der Waals surface area contributed by atoms with E-state index in [9.17, 15) is 10.1 Å². The molecule has 0 fully saturated rings. The van der Waals surface area contributed by atoms with E-state index in [1.165, 1.54) is 6.07 Å². The van der Waals surface area contributed by atoms with Gasteiger partial charge in [-0.25, -0.2) is 0 Å². The lowest BCUT2D eigenvalue weighted by atomic mass is 10.1. The summed E-state index contributed by atoms with van der Waals surface area (Å²) in [6.45, 7) is 5.59. The second-order valence-corrected chi connectivity index (χ2v) is 4.99. The van der Waals surface area contributed by atoms with Crippen LogP contribution >= 0.6 is 0 Å². The van der Waals surface area contributed by atoms with Crippen LogP contribution < -0.4 is 5.73 Å². The highest BCUT2D eigenvalue weighted by molar-refractivity contribution is 5.59. The average molecular weight is 276 g/mol. The molecule has 1 heterocycles. The van der Waals surface area contributed by atoms with Crippen LogP contribution in [-0.4, -0.2) is 15.1 Å². The number of rotatable bonds is 4. The van der Waals surface area contributed by atoms with Crippen LogP contribution in [0.15, 0.2) is 22.7 Å². The zero-order chi connectivity index (χ0) is 14.9. The molecule has 0 saturated heterocycles. The van der Waals surface area contributed by atoms with Gasteiger partial charge in [-0.2, -0.15) is 4.98 Å². The van der Waals surface area contributed by atoms with Crippen LogP contribution in [-0.2, 0) is 0 Å². The molecular formula is C13H16N4O3. The molecule has 7 heteroatoms. The van der Waals surface area contributed by atoms with E-state index in [0.29, 0.717) is 17.0 Å². The Kier molecular flexibility index (Phi) is 3.80. The predicted octanol–water partition coefficient (Wildman–Crippen LogP) is 2.61. The lowest BCUT2D eigenvalue weighted by Crippen LogP contribution is -2.18. The van der Waals surface area contributed by atoms with Gasteiger partial charge in [-0.05, 0) is 18.9 Å². The number of hydrogen-bond donors (Lipinski definition) is 1. The van der Waals surface area contributed by atoms with Crippen LogP contribution in [0, 0.1) is 23.0 Å². The molecule has 2 rings (SSSR count). The van der Waals surface area contributed by atoms with Gasteiger partial charge in [0.05, 0.1) is 11.0 Å². The van der Waals surface area contributed by atoms with Gasteiger partial charge >= 0.3 is 0 Å². The Morgan fingerprint density at radius 2 is 2.10 bits per heavy atom. The van der Waals surface area contributed by atoms with Crippen LogP contribution in [0.4, 0.5) is 5.69 Å². The van der Waals surface area contributed by atoms with Gasteiger partial charge in [-0.1, -0.05) is 25.1 Å². The lowest BCUT2D eigenvalue weighted by Gasteiger charge is -2.09. The normalized spacial score (nSPS) is 12.7. The summed E-state index contributed by atoms with van der Waals surface area (Å²) in [6.07, 6.45) is 0. The van der Waals surface area contributed by atoms with Crippen LogP contribution in [0.25, 0.3) is 11.5 Å². The summed E-state index contributed by atoms with van der Waals surface area (Å²) in [5.74, 6) is 0.810. The first kappa shape index (κ1) is 14.1. The molecule has 0 aliphatic rings. The van der Waals surface area contributed by atoms with Gasteiger partial charge in [0.25, 0.3) is 11.6 Å². The number of aromatic nitrogens is 2. The summed E-state index contributed by atoms with van der Waals surface area (Å²) >= 11 is 0. The summed E-state index contributed by atoms with van der Waals surface area (Å²) in [7, 11) is 0. The van der Waals surface area contributed by atoms with Crippen molar-refractivity contribution < 1.29 is 9.45 Å². The molecule has 2 N–H and O–H groups in total. The van der Waals surface area contributed by atoms with Crippen LogP contribution in [0.3, 0.4) is 0 Å². The Morgan fingerprint density at radius 1 is 1.40 bits per heavy atom. The number of benzene rings is 1. The van der Waals surface area contributed by atoms with Crippen molar-refractivity contribution in [2.24, 2.45) is 11.7 Å². The van der Waals surface area contributed by atoms with Gasteiger partial charge in [-0.15, -0.1) is 0 Å². The average Bonchev–Trinajstić information content (AvgIpc) is 2.87. The molecule has 1 unspecified atom stereocenters. The lowest BCUT2D eigenvalue weighted by molar-refractivity contribution is -0.385. The molecule has 7 nitrogen and oxygen atoms in total. The maximum Gasteiger partial charge on any atom is 0.273 e. The van der Waals surface area contributed by atoms with Gasteiger partial charge in [0.2, 0.25) is 0 Å². The van der Waals surface area contributed by atoms with Crippen molar-refractivity contribution in [2.75, 3.05) is 0 Å². The second-order valence-electron chi connectivity index (χ2n) is 4.99. The number of nitrogens with two attached hydrogens (primary N) is 1. The minimum atomic E-state index is -0.435. The highest BCUT2D eigenvalue weighted by atomic mass is 16.6. The van der Waals surface area contributed by atoms with E-state index in [4.69, 9.17) is 10.3 Å². The zero-order valence-electron chi connectivity index (χ0n) is 11.5. The fourth-order valence-electron chi connectivity index (χ4n) is 1.72. The van der Waals surface area contributed by atoms with E-state index in [0.717, 1.165) is 0 Å². The van der Waals surface area contributed by atoms with Crippen molar-refractivity contribution in [2.45, 2.75) is 26.8 Å². The van der Waals surface area contributed by atoms with E-state index < -0.39 is 4.92 Å². The quantitative estimate of drug-likeness (QED) is 0.679. The van der Waals surface area contributed by atoms with Gasteiger partial charge in [0.15, 0.2) is 5.82 Å². The second kappa shape index (κ2) is 5.38. The van der Waals surface area contributed by atoms with Gasteiger partial charge in [0, 0.05) is 17.2 Å². The van der Waals surface area contributed by atoms with Crippen molar-refractivity contribution in [1.29, 1.82) is 0 Å². The smallest absolute Gasteiger partial charge is 0.273 e. The number of aryl methyl sites for hydroxylation is 1. The van der Waals surface area contributed by atoms with Crippen molar-refractivity contribution in [3.8, 4) is 11.5 Å². The summed E-state index contributed by atoms with van der Waals surface area (Å²) < 4.78 is 5.13. The maximum atomic E-state index is 10.9. The fraction of sp³-hybridized carbons (Fsp3) is 0.385. The van der Waals surface area contributed by atoms with E-state index in [-0.39, 0.29) is 23.5 Å². The van der Waals surface area contributed by atoms with E-state index in [1.54, 1.807) is 19.1 Å². The molecule has 20 heavy (non-hydrogen) atoms. The first-order valence-electron chi connectivity index (χ1n) is 6.24. The molecule has 0 bridgehead atoms. The third kappa shape index (κ3) is 2.67. The van der Waals surface area contributed by atoms with Crippen molar-refractivity contribution >= 4 is 5.69 Å². The highest BCUT2D eigenvalue weighted by Gasteiger charge is 2.20. The minimum Gasteiger partial charge on any atom is -0.334 e. The Labute approximate surface area is 115 Å². The van der Waals surface area contributed by atoms with E-state index in [1.807, 2.05) is 13.8 Å². The van der Waals surface area contributed by atoms with Crippen LogP contribution in [0.1, 0.15) is 31.3 Å². The Morgan fingerprint density at radius 3 is 2.70 bits per heavy atom. The molecule has 1 aromatic heterocycles. The number of hydrogen-bond acceptors (Lipinski definition) is 6. The summed E-state index contributed by atoms with van der Waals surface area (Å²) in [5, 5.41) is 14.8. The maximum absolute atomic E-state index is 10.9. The molecule has 0 radical (unpaired) electrons. The fourth-order valence-corrected chi connectivity index (χ4v) is 1.72. The summed E-state index contributed by atoms with van der Waals surface area (Å²) in [4.78, 5) is 14.7. The first-order valence-corrected chi connectivity index (χ1v) is 6.24. The Balaban J connectivity index is 2.38. The Bertz CT molecular complexity index is 636. The van der Waals surface area contributed by atoms with Gasteiger partial charge in [-0.3, -0.25) is 10.1 Å². The monoisotopic (exact) mass is 276 g/mol. The SMILES string of the molecule is Cc1ccc(-c2nc(C(N)C(C)C)no2)cc1[N+](=O)[O-]. The van der Waals surface area contributed by atoms with Crippen molar-refractivity contribution in [3.63, 3.8) is 0 Å². The summed E-state index contributed by atoms with van der Waals surface area (Å²) in [5.41, 5.74) is 7.05. The minimum absolute atomic E-state index is 0.0235. The van der Waals surface area contributed by atoms with Crippen molar-refractivity contribution in [3.05, 3.63) is 39.7 Å². The van der Waals surface area contributed by atoms with Crippen LogP contribution in [0.5, 0.6) is 0 Å². The number of nitro benzene ring substituents is 1. The molecule has 0 amide bonds. The van der Waals surface area contributed by atoms with Crippen molar-refractivity contribution in [1.82, 2.24) is 10.1 Å². The topological polar surface area (TPSA) is 108 Å². The van der Waals surface area contributed by atoms with Gasteiger partial charge in [0.1, 0.15) is 0 Å². The van der Waals surface area contributed by atoms with Gasteiger partial charge < -0.3 is 10.3 Å². The standard InChI is InChI=1S/C13H16N4O3/c1-7(2)11(14)12-15-13(20-16-12)9-5-4-8(3)10(6-9)17(18)19/h4-7,11H,14H2,1-3H3. The molecule has 106 valence electrons. The largest absolute Gasteiger partial charge is 0.334 e. The third-order valence-corrected chi connectivity index (χ3v) is 3.11. The summed E-state index contributed by atoms with van der Waals surface area (Å²) in [6, 6.07) is 4.46. The molecule has 0 spiro atoms. The highest BCUT2D eigenvalue weighted by Crippen LogP contribution is 2.27. The Hall–Kier alpha value is -2.28.